The van der Waals surface area contributed by atoms with Crippen molar-refractivity contribution in [3.63, 3.8) is 0 Å². The van der Waals surface area contributed by atoms with Gasteiger partial charge in [0.25, 0.3) is 0 Å². The van der Waals surface area contributed by atoms with Crippen molar-refractivity contribution in [1.29, 1.82) is 0 Å². The fourth-order valence-corrected chi connectivity index (χ4v) is 2.19. The molecule has 0 amide bonds. The summed E-state index contributed by atoms with van der Waals surface area (Å²) >= 11 is 5.63. The summed E-state index contributed by atoms with van der Waals surface area (Å²) in [6.45, 7) is 8.53. The first-order valence-corrected chi connectivity index (χ1v) is 7.32. The minimum absolute atomic E-state index is 0.0320. The number of benzene rings is 1. The molecule has 0 unspecified atom stereocenters. The Morgan fingerprint density at radius 3 is 2.47 bits per heavy atom. The maximum atomic E-state index is 12.0. The third-order valence-corrected chi connectivity index (χ3v) is 3.20. The summed E-state index contributed by atoms with van der Waals surface area (Å²) in [4.78, 5) is 14.2. The van der Waals surface area contributed by atoms with Gasteiger partial charge in [-0.15, -0.1) is 11.6 Å². The zero-order chi connectivity index (χ0) is 14.3. The maximum Gasteiger partial charge on any atom is 0.167 e. The summed E-state index contributed by atoms with van der Waals surface area (Å²) in [6, 6.07) is 5.75. The highest BCUT2D eigenvalue weighted by molar-refractivity contribution is 6.19. The van der Waals surface area contributed by atoms with Crippen LogP contribution >= 0.6 is 11.6 Å². The van der Waals surface area contributed by atoms with E-state index in [1.54, 1.807) is 0 Å². The number of hydrogen-bond acceptors (Lipinski definition) is 3. The first kappa shape index (κ1) is 15.8. The largest absolute Gasteiger partial charge is 0.493 e. The number of Topliss-reactive ketones (excluding diaryl/α,β-unsaturated/α-hetero) is 1. The van der Waals surface area contributed by atoms with Crippen molar-refractivity contribution in [1.82, 2.24) is 0 Å². The van der Waals surface area contributed by atoms with Gasteiger partial charge in [0.15, 0.2) is 5.78 Å². The van der Waals surface area contributed by atoms with Gasteiger partial charge in [0.1, 0.15) is 5.75 Å². The summed E-state index contributed by atoms with van der Waals surface area (Å²) in [5.41, 5.74) is 1.70. The molecule has 0 fully saturated rings. The quantitative estimate of drug-likeness (QED) is 0.538. The van der Waals surface area contributed by atoms with Crippen molar-refractivity contribution in [3.05, 3.63) is 23.8 Å². The van der Waals surface area contributed by atoms with Gasteiger partial charge in [-0.25, -0.2) is 0 Å². The second-order valence-electron chi connectivity index (χ2n) is 4.15. The van der Waals surface area contributed by atoms with Crippen LogP contribution in [0.15, 0.2) is 18.2 Å². The average molecular weight is 284 g/mol. The van der Waals surface area contributed by atoms with E-state index in [0.29, 0.717) is 30.2 Å². The molecule has 106 valence electrons. The van der Waals surface area contributed by atoms with Crippen molar-refractivity contribution in [2.45, 2.75) is 27.2 Å². The third-order valence-electron chi connectivity index (χ3n) is 3.02. The van der Waals surface area contributed by atoms with E-state index in [9.17, 15) is 4.79 Å². The molecule has 3 nitrogen and oxygen atoms in total. The molecular formula is C15H22ClNO2. The number of anilines is 1. The van der Waals surface area contributed by atoms with Gasteiger partial charge in [0.05, 0.1) is 12.2 Å². The summed E-state index contributed by atoms with van der Waals surface area (Å²) < 4.78 is 5.59. The zero-order valence-corrected chi connectivity index (χ0v) is 12.7. The second-order valence-corrected chi connectivity index (χ2v) is 4.53. The lowest BCUT2D eigenvalue weighted by Crippen LogP contribution is -2.22. The van der Waals surface area contributed by atoms with Gasteiger partial charge in [0.2, 0.25) is 0 Å². The molecule has 0 saturated carbocycles. The van der Waals surface area contributed by atoms with Gasteiger partial charge in [0, 0.05) is 37.1 Å². The average Bonchev–Trinajstić information content (AvgIpc) is 2.41. The van der Waals surface area contributed by atoms with Crippen molar-refractivity contribution in [3.8, 4) is 5.75 Å². The first-order valence-electron chi connectivity index (χ1n) is 6.78. The lowest BCUT2D eigenvalue weighted by molar-refractivity contribution is 0.0985. The minimum Gasteiger partial charge on any atom is -0.493 e. The normalized spacial score (nSPS) is 10.3. The first-order chi connectivity index (χ1) is 9.17. The number of nitrogens with zero attached hydrogens (tertiary/aromatic N) is 1. The highest BCUT2D eigenvalue weighted by atomic mass is 35.5. The molecule has 0 aliphatic heterocycles. The highest BCUT2D eigenvalue weighted by Crippen LogP contribution is 2.27. The molecule has 1 rings (SSSR count). The Balaban J connectivity index is 3.09. The number of ketones is 1. The fourth-order valence-electron chi connectivity index (χ4n) is 2.02. The summed E-state index contributed by atoms with van der Waals surface area (Å²) in [5.74, 6) is 1.02. The van der Waals surface area contributed by atoms with Crippen molar-refractivity contribution < 1.29 is 9.53 Å². The third kappa shape index (κ3) is 4.13. The topological polar surface area (TPSA) is 29.5 Å². The molecule has 0 atom stereocenters. The SMILES string of the molecule is CCOc1cc(N(CC)CC)ccc1C(=O)CCCl. The van der Waals surface area contributed by atoms with E-state index in [1.165, 1.54) is 0 Å². The van der Waals surface area contributed by atoms with Crippen molar-refractivity contribution in [2.75, 3.05) is 30.5 Å². The van der Waals surface area contributed by atoms with E-state index in [-0.39, 0.29) is 5.78 Å². The van der Waals surface area contributed by atoms with E-state index in [0.717, 1.165) is 18.8 Å². The predicted octanol–water partition coefficient (Wildman–Crippen LogP) is 3.74. The molecule has 0 aromatic heterocycles. The highest BCUT2D eigenvalue weighted by Gasteiger charge is 2.14. The lowest BCUT2D eigenvalue weighted by atomic mass is 10.1. The van der Waals surface area contributed by atoms with E-state index in [2.05, 4.69) is 18.7 Å². The van der Waals surface area contributed by atoms with Gasteiger partial charge >= 0.3 is 0 Å². The molecule has 0 aliphatic rings. The smallest absolute Gasteiger partial charge is 0.167 e. The molecular weight excluding hydrogens is 262 g/mol. The molecule has 0 spiro atoms. The Labute approximate surface area is 120 Å². The summed E-state index contributed by atoms with van der Waals surface area (Å²) in [5, 5.41) is 0. The number of halogens is 1. The number of rotatable bonds is 8. The molecule has 4 heteroatoms. The van der Waals surface area contributed by atoms with E-state index in [1.807, 2.05) is 25.1 Å². The number of carbonyl (C=O) groups excluding carboxylic acids is 1. The molecule has 0 heterocycles. The molecule has 0 saturated heterocycles. The van der Waals surface area contributed by atoms with Crippen LogP contribution in [0.4, 0.5) is 5.69 Å². The van der Waals surface area contributed by atoms with Crippen LogP contribution in [0.2, 0.25) is 0 Å². The molecule has 0 aliphatic carbocycles. The van der Waals surface area contributed by atoms with Crippen LogP contribution in [0.1, 0.15) is 37.6 Å². The van der Waals surface area contributed by atoms with Crippen LogP contribution in [-0.2, 0) is 0 Å². The Morgan fingerprint density at radius 1 is 1.26 bits per heavy atom. The molecule has 0 N–H and O–H groups in total. The van der Waals surface area contributed by atoms with Gasteiger partial charge in [-0.2, -0.15) is 0 Å². The van der Waals surface area contributed by atoms with E-state index in [4.69, 9.17) is 16.3 Å². The van der Waals surface area contributed by atoms with Crippen molar-refractivity contribution in [2.24, 2.45) is 0 Å². The predicted molar refractivity (Wildman–Crippen MR) is 80.8 cm³/mol. The molecule has 0 radical (unpaired) electrons. The number of carbonyl (C=O) groups is 1. The van der Waals surface area contributed by atoms with Gasteiger partial charge in [-0.3, -0.25) is 4.79 Å². The Hall–Kier alpha value is -1.22. The van der Waals surface area contributed by atoms with Crippen LogP contribution in [0.3, 0.4) is 0 Å². The lowest BCUT2D eigenvalue weighted by Gasteiger charge is -2.22. The molecule has 1 aromatic rings. The van der Waals surface area contributed by atoms with E-state index < -0.39 is 0 Å². The molecule has 1 aromatic carbocycles. The van der Waals surface area contributed by atoms with Gasteiger partial charge in [-0.1, -0.05) is 0 Å². The minimum atomic E-state index is 0.0320. The Kier molecular flexibility index (Phi) is 6.71. The summed E-state index contributed by atoms with van der Waals surface area (Å²) in [7, 11) is 0. The van der Waals surface area contributed by atoms with Crippen LogP contribution in [0.5, 0.6) is 5.75 Å². The number of hydrogen-bond donors (Lipinski definition) is 0. The maximum absolute atomic E-state index is 12.0. The van der Waals surface area contributed by atoms with E-state index >= 15 is 0 Å². The fraction of sp³-hybridized carbons (Fsp3) is 0.533. The Morgan fingerprint density at radius 2 is 1.95 bits per heavy atom. The van der Waals surface area contributed by atoms with Gasteiger partial charge in [-0.05, 0) is 32.9 Å². The zero-order valence-electron chi connectivity index (χ0n) is 11.9. The Bertz CT molecular complexity index is 417. The number of alkyl halides is 1. The van der Waals surface area contributed by atoms with Crippen LogP contribution < -0.4 is 9.64 Å². The van der Waals surface area contributed by atoms with Crippen LogP contribution in [0, 0.1) is 0 Å². The summed E-state index contributed by atoms with van der Waals surface area (Å²) in [6.07, 6.45) is 0.340. The number of ether oxygens (including phenoxy) is 1. The standard InChI is InChI=1S/C15H22ClNO2/c1-4-17(5-2)12-7-8-13(14(18)9-10-16)15(11-12)19-6-3/h7-8,11H,4-6,9-10H2,1-3H3. The van der Waals surface area contributed by atoms with Gasteiger partial charge < -0.3 is 9.64 Å². The molecule has 0 bridgehead atoms. The second kappa shape index (κ2) is 8.05. The molecule has 19 heavy (non-hydrogen) atoms. The monoisotopic (exact) mass is 283 g/mol. The van der Waals surface area contributed by atoms with Crippen molar-refractivity contribution >= 4 is 23.1 Å². The van der Waals surface area contributed by atoms with Crippen LogP contribution in [0.25, 0.3) is 0 Å². The van der Waals surface area contributed by atoms with Crippen LogP contribution in [-0.4, -0.2) is 31.4 Å².